The van der Waals surface area contributed by atoms with E-state index in [1.807, 2.05) is 6.07 Å². The van der Waals surface area contributed by atoms with Crippen molar-refractivity contribution in [2.24, 2.45) is 0 Å². The van der Waals surface area contributed by atoms with Crippen molar-refractivity contribution in [2.45, 2.75) is 31.8 Å². The van der Waals surface area contributed by atoms with Gasteiger partial charge in [-0.2, -0.15) is 0 Å². The Hall–Kier alpha value is -1.20. The van der Waals surface area contributed by atoms with E-state index in [1.165, 1.54) is 12.1 Å². The third-order valence-electron chi connectivity index (χ3n) is 4.22. The van der Waals surface area contributed by atoms with Gasteiger partial charge in [0, 0.05) is 18.6 Å². The molecule has 19 heavy (non-hydrogen) atoms. The molecule has 5 heteroatoms. The first-order valence-electron chi connectivity index (χ1n) is 6.66. The van der Waals surface area contributed by atoms with Crippen LogP contribution >= 0.6 is 12.2 Å². The predicted octanol–water partition coefficient (Wildman–Crippen LogP) is 3.49. The van der Waals surface area contributed by atoms with Crippen molar-refractivity contribution in [3.63, 3.8) is 0 Å². The van der Waals surface area contributed by atoms with Crippen LogP contribution in [0.2, 0.25) is 0 Å². The van der Waals surface area contributed by atoms with E-state index in [0.29, 0.717) is 16.9 Å². The fourth-order valence-corrected chi connectivity index (χ4v) is 3.32. The molecule has 102 valence electrons. The van der Waals surface area contributed by atoms with Crippen LogP contribution in [-0.2, 0) is 0 Å². The largest absolute Gasteiger partial charge is 0.330 e. The van der Waals surface area contributed by atoms with Crippen LogP contribution in [0, 0.1) is 10.6 Å². The molecule has 1 N–H and O–H groups in total. The van der Waals surface area contributed by atoms with Crippen LogP contribution in [0.3, 0.4) is 0 Å². The Morgan fingerprint density at radius 1 is 1.42 bits per heavy atom. The van der Waals surface area contributed by atoms with Crippen molar-refractivity contribution in [1.82, 2.24) is 14.5 Å². The number of aromatic nitrogens is 2. The Bertz CT molecular complexity index is 660. The molecule has 1 aliphatic heterocycles. The molecule has 0 aliphatic carbocycles. The Balaban J connectivity index is 2.05. The number of nitrogens with zero attached hydrogens (tertiary/aromatic N) is 2. The van der Waals surface area contributed by atoms with Crippen molar-refractivity contribution in [1.29, 1.82) is 0 Å². The van der Waals surface area contributed by atoms with Crippen LogP contribution in [0.25, 0.3) is 11.0 Å². The molecule has 1 aromatic heterocycles. The molecule has 1 aromatic carbocycles. The number of halogens is 1. The van der Waals surface area contributed by atoms with Crippen LogP contribution in [0.1, 0.15) is 25.8 Å². The summed E-state index contributed by atoms with van der Waals surface area (Å²) >= 11 is 5.42. The smallest absolute Gasteiger partial charge is 0.178 e. The fourth-order valence-electron chi connectivity index (χ4n) is 2.96. The molecule has 0 bridgehead atoms. The zero-order valence-electron chi connectivity index (χ0n) is 11.2. The number of piperidine rings is 1. The normalized spacial score (nSPS) is 25.0. The number of hydrogen-bond acceptors (Lipinski definition) is 2. The van der Waals surface area contributed by atoms with Crippen molar-refractivity contribution in [3.05, 3.63) is 28.8 Å². The summed E-state index contributed by atoms with van der Waals surface area (Å²) in [5, 5.41) is 0. The Morgan fingerprint density at radius 2 is 2.21 bits per heavy atom. The average Bonchev–Trinajstić information content (AvgIpc) is 2.68. The number of benzene rings is 1. The summed E-state index contributed by atoms with van der Waals surface area (Å²) in [5.74, 6) is -0.229. The highest BCUT2D eigenvalue weighted by atomic mass is 32.1. The number of rotatable bonds is 1. The molecule has 0 saturated carbocycles. The SMILES string of the molecule is CC1CC(n2c(=S)[nH]c3cc(F)ccc32)CCN1C. The lowest BCUT2D eigenvalue weighted by atomic mass is 9.98. The molecule has 3 rings (SSSR count). The first kappa shape index (κ1) is 12.8. The molecule has 1 saturated heterocycles. The maximum Gasteiger partial charge on any atom is 0.178 e. The van der Waals surface area contributed by atoms with E-state index >= 15 is 0 Å². The Morgan fingerprint density at radius 3 is 2.95 bits per heavy atom. The van der Waals surface area contributed by atoms with Crippen LogP contribution < -0.4 is 0 Å². The van der Waals surface area contributed by atoms with Gasteiger partial charge in [-0.15, -0.1) is 0 Å². The lowest BCUT2D eigenvalue weighted by Gasteiger charge is -2.35. The van der Waals surface area contributed by atoms with Crippen molar-refractivity contribution in [3.8, 4) is 0 Å². The number of likely N-dealkylation sites (tertiary alicyclic amines) is 1. The van der Waals surface area contributed by atoms with Gasteiger partial charge in [-0.05, 0) is 57.2 Å². The number of nitrogens with one attached hydrogen (secondary N) is 1. The van der Waals surface area contributed by atoms with E-state index in [4.69, 9.17) is 12.2 Å². The summed E-state index contributed by atoms with van der Waals surface area (Å²) in [7, 11) is 2.16. The average molecular weight is 279 g/mol. The lowest BCUT2D eigenvalue weighted by molar-refractivity contribution is 0.158. The summed E-state index contributed by atoms with van der Waals surface area (Å²) in [6.07, 6.45) is 2.16. The van der Waals surface area contributed by atoms with Crippen molar-refractivity contribution < 1.29 is 4.39 Å². The van der Waals surface area contributed by atoms with Gasteiger partial charge in [0.05, 0.1) is 11.0 Å². The molecule has 1 aliphatic rings. The molecular formula is C14H18FN3S. The predicted molar refractivity (Wildman–Crippen MR) is 77.4 cm³/mol. The maximum atomic E-state index is 13.3. The van der Waals surface area contributed by atoms with E-state index in [2.05, 4.69) is 28.4 Å². The topological polar surface area (TPSA) is 24.0 Å². The minimum Gasteiger partial charge on any atom is -0.330 e. The van der Waals surface area contributed by atoms with Gasteiger partial charge in [-0.1, -0.05) is 0 Å². The van der Waals surface area contributed by atoms with Crippen molar-refractivity contribution >= 4 is 23.3 Å². The molecule has 0 spiro atoms. The maximum absolute atomic E-state index is 13.3. The van der Waals surface area contributed by atoms with E-state index < -0.39 is 0 Å². The third-order valence-corrected chi connectivity index (χ3v) is 4.52. The highest BCUT2D eigenvalue weighted by Crippen LogP contribution is 2.30. The van der Waals surface area contributed by atoms with E-state index in [9.17, 15) is 4.39 Å². The Kier molecular flexibility index (Phi) is 3.19. The standard InChI is InChI=1S/C14H18FN3S/c1-9-7-11(5-6-17(9)2)18-13-4-3-10(15)8-12(13)16-14(18)19/h3-4,8-9,11H,5-7H2,1-2H3,(H,16,19). The van der Waals surface area contributed by atoms with E-state index in [1.54, 1.807) is 0 Å². The number of imidazole rings is 1. The third kappa shape index (κ3) is 2.21. The van der Waals surface area contributed by atoms with Gasteiger partial charge in [0.15, 0.2) is 4.77 Å². The number of hydrogen-bond donors (Lipinski definition) is 1. The molecule has 2 aromatic rings. The number of aromatic amines is 1. The molecule has 0 radical (unpaired) electrons. The highest BCUT2D eigenvalue weighted by molar-refractivity contribution is 7.71. The molecule has 2 heterocycles. The van der Waals surface area contributed by atoms with Gasteiger partial charge in [0.2, 0.25) is 0 Å². The zero-order valence-corrected chi connectivity index (χ0v) is 12.0. The summed E-state index contributed by atoms with van der Waals surface area (Å²) < 4.78 is 16.1. The first-order chi connectivity index (χ1) is 9.06. The van der Waals surface area contributed by atoms with Crippen LogP contribution in [0.15, 0.2) is 18.2 Å². The van der Waals surface area contributed by atoms with Gasteiger partial charge >= 0.3 is 0 Å². The quantitative estimate of drug-likeness (QED) is 0.808. The summed E-state index contributed by atoms with van der Waals surface area (Å²) in [6, 6.07) is 5.78. The molecule has 3 nitrogen and oxygen atoms in total. The highest BCUT2D eigenvalue weighted by Gasteiger charge is 2.25. The summed E-state index contributed by atoms with van der Waals surface area (Å²) in [6.45, 7) is 3.31. The van der Waals surface area contributed by atoms with Gasteiger partial charge in [-0.25, -0.2) is 4.39 Å². The molecule has 1 fully saturated rings. The number of fused-ring (bicyclic) bond motifs is 1. The second kappa shape index (κ2) is 4.72. The summed E-state index contributed by atoms with van der Waals surface area (Å²) in [5.41, 5.74) is 1.80. The molecule has 0 amide bonds. The minimum absolute atomic E-state index is 0.229. The van der Waals surface area contributed by atoms with Crippen LogP contribution in [-0.4, -0.2) is 34.1 Å². The monoisotopic (exact) mass is 279 g/mol. The summed E-state index contributed by atoms with van der Waals surface area (Å²) in [4.78, 5) is 5.49. The van der Waals surface area contributed by atoms with Gasteiger partial charge in [-0.3, -0.25) is 0 Å². The fraction of sp³-hybridized carbons (Fsp3) is 0.500. The van der Waals surface area contributed by atoms with Gasteiger partial charge in [0.1, 0.15) is 5.82 Å². The molecule has 2 unspecified atom stereocenters. The first-order valence-corrected chi connectivity index (χ1v) is 7.07. The van der Waals surface area contributed by atoms with E-state index in [0.717, 1.165) is 30.4 Å². The number of H-pyrrole nitrogens is 1. The molecular weight excluding hydrogens is 261 g/mol. The Labute approximate surface area is 117 Å². The van der Waals surface area contributed by atoms with Crippen LogP contribution in [0.5, 0.6) is 0 Å². The minimum atomic E-state index is -0.229. The van der Waals surface area contributed by atoms with Crippen molar-refractivity contribution in [2.75, 3.05) is 13.6 Å². The zero-order chi connectivity index (χ0) is 13.6. The molecule has 2 atom stereocenters. The van der Waals surface area contributed by atoms with Crippen LogP contribution in [0.4, 0.5) is 4.39 Å². The second-order valence-electron chi connectivity index (χ2n) is 5.47. The lowest BCUT2D eigenvalue weighted by Crippen LogP contribution is -2.38. The second-order valence-corrected chi connectivity index (χ2v) is 5.86. The van der Waals surface area contributed by atoms with E-state index in [-0.39, 0.29) is 5.82 Å². The van der Waals surface area contributed by atoms with Gasteiger partial charge in [0.25, 0.3) is 0 Å². The van der Waals surface area contributed by atoms with Gasteiger partial charge < -0.3 is 14.5 Å².